The van der Waals surface area contributed by atoms with E-state index in [0.717, 1.165) is 26.3 Å². The molecular weight excluding hydrogens is 332 g/mol. The number of anilines is 1. The molecule has 0 saturated carbocycles. The van der Waals surface area contributed by atoms with Crippen molar-refractivity contribution < 1.29 is 9.30 Å². The Morgan fingerprint density at radius 3 is 2.52 bits per heavy atom. The lowest BCUT2D eigenvalue weighted by Gasteiger charge is -2.29. The number of aromatic nitrogens is 1. The van der Waals surface area contributed by atoms with Gasteiger partial charge in [-0.2, -0.15) is 0 Å². The van der Waals surface area contributed by atoms with Crippen molar-refractivity contribution in [3.05, 3.63) is 72.9 Å². The van der Waals surface area contributed by atoms with Gasteiger partial charge in [-0.05, 0) is 35.4 Å². The second kappa shape index (κ2) is 6.67. The van der Waals surface area contributed by atoms with E-state index in [1.165, 1.54) is 38.5 Å². The van der Waals surface area contributed by atoms with Gasteiger partial charge in [-0.3, -0.25) is 0 Å². The number of aryl methyl sites for hydroxylation is 1. The minimum atomic E-state index is 0.809. The smallest absolute Gasteiger partial charge is 0.213 e. The van der Waals surface area contributed by atoms with Gasteiger partial charge in [-0.25, -0.2) is 4.57 Å². The maximum absolute atomic E-state index is 5.49. The molecule has 3 heteroatoms. The summed E-state index contributed by atoms with van der Waals surface area (Å²) in [6.07, 6.45) is 2.21. The van der Waals surface area contributed by atoms with Crippen molar-refractivity contribution in [2.24, 2.45) is 7.05 Å². The average Bonchev–Trinajstić information content (AvgIpc) is 2.74. The third-order valence-electron chi connectivity index (χ3n) is 5.52. The predicted molar refractivity (Wildman–Crippen MR) is 111 cm³/mol. The molecule has 0 atom stereocenters. The summed E-state index contributed by atoms with van der Waals surface area (Å²) in [5.74, 6) is 0. The first-order valence-electron chi connectivity index (χ1n) is 9.54. The lowest BCUT2D eigenvalue weighted by molar-refractivity contribution is -0.643. The number of benzene rings is 3. The molecule has 1 aliphatic rings. The van der Waals surface area contributed by atoms with Crippen molar-refractivity contribution >= 4 is 27.4 Å². The van der Waals surface area contributed by atoms with E-state index in [-0.39, 0.29) is 0 Å². The van der Waals surface area contributed by atoms with Crippen LogP contribution in [0.1, 0.15) is 0 Å². The van der Waals surface area contributed by atoms with Gasteiger partial charge < -0.3 is 9.64 Å². The summed E-state index contributed by atoms with van der Waals surface area (Å²) < 4.78 is 7.72. The molecule has 2 heterocycles. The molecule has 134 valence electrons. The minimum Gasteiger partial charge on any atom is -0.378 e. The highest BCUT2D eigenvalue weighted by atomic mass is 16.5. The largest absolute Gasteiger partial charge is 0.378 e. The first kappa shape index (κ1) is 16.3. The van der Waals surface area contributed by atoms with E-state index in [1.54, 1.807) is 0 Å². The van der Waals surface area contributed by atoms with Crippen LogP contribution < -0.4 is 9.47 Å². The van der Waals surface area contributed by atoms with Gasteiger partial charge in [0.25, 0.3) is 0 Å². The number of rotatable bonds is 2. The third-order valence-corrected chi connectivity index (χ3v) is 5.52. The first-order chi connectivity index (χ1) is 13.3. The van der Waals surface area contributed by atoms with Gasteiger partial charge in [0.2, 0.25) is 5.52 Å². The van der Waals surface area contributed by atoms with E-state index in [9.17, 15) is 0 Å². The van der Waals surface area contributed by atoms with Crippen LogP contribution in [0.2, 0.25) is 0 Å². The Morgan fingerprint density at radius 2 is 1.63 bits per heavy atom. The monoisotopic (exact) mass is 355 g/mol. The lowest BCUT2D eigenvalue weighted by Crippen LogP contribution is -2.36. The molecule has 3 aromatic carbocycles. The third kappa shape index (κ3) is 2.94. The molecule has 3 nitrogen and oxygen atoms in total. The Hall–Kier alpha value is -2.91. The number of hydrogen-bond acceptors (Lipinski definition) is 2. The SMILES string of the molecule is C[n+]1cc2ccccc2c2ccc(-c3cccc(N4CCOCC4)c3)cc21. The van der Waals surface area contributed by atoms with Gasteiger partial charge in [0.1, 0.15) is 7.05 Å². The van der Waals surface area contributed by atoms with Crippen LogP contribution in [0.5, 0.6) is 0 Å². The summed E-state index contributed by atoms with van der Waals surface area (Å²) in [7, 11) is 2.13. The fourth-order valence-electron chi connectivity index (χ4n) is 4.07. The van der Waals surface area contributed by atoms with Crippen molar-refractivity contribution in [3.8, 4) is 11.1 Å². The number of morpholine rings is 1. The van der Waals surface area contributed by atoms with Crippen LogP contribution in [0.4, 0.5) is 5.69 Å². The second-order valence-corrected chi connectivity index (χ2v) is 7.21. The summed E-state index contributed by atoms with van der Waals surface area (Å²) in [6, 6.07) is 24.3. The number of nitrogens with zero attached hydrogens (tertiary/aromatic N) is 2. The van der Waals surface area contributed by atoms with E-state index >= 15 is 0 Å². The molecule has 1 aromatic heterocycles. The Kier molecular flexibility index (Phi) is 4.02. The van der Waals surface area contributed by atoms with Crippen LogP contribution in [-0.2, 0) is 11.8 Å². The summed E-state index contributed by atoms with van der Waals surface area (Å²) in [5, 5.41) is 3.87. The molecule has 1 fully saturated rings. The molecule has 0 N–H and O–H groups in total. The molecule has 0 aliphatic carbocycles. The number of fused-ring (bicyclic) bond motifs is 3. The van der Waals surface area contributed by atoms with Gasteiger partial charge in [-0.1, -0.05) is 36.4 Å². The van der Waals surface area contributed by atoms with E-state index < -0.39 is 0 Å². The van der Waals surface area contributed by atoms with Gasteiger partial charge in [-0.15, -0.1) is 0 Å². The molecule has 0 spiro atoms. The zero-order valence-corrected chi connectivity index (χ0v) is 15.6. The van der Waals surface area contributed by atoms with Gasteiger partial charge >= 0.3 is 0 Å². The number of ether oxygens (including phenoxy) is 1. The first-order valence-corrected chi connectivity index (χ1v) is 9.54. The standard InChI is InChI=1S/C24H23N2O/c1-25-17-20-5-2-3-8-22(20)23-10-9-19(16-24(23)25)18-6-4-7-21(15-18)26-11-13-27-14-12-26/h2-10,15-17H,11-14H2,1H3/q+1. The van der Waals surface area contributed by atoms with Crippen LogP contribution in [0.15, 0.2) is 72.9 Å². The Bertz CT molecular complexity index is 1130. The van der Waals surface area contributed by atoms with Crippen molar-refractivity contribution in [2.45, 2.75) is 0 Å². The van der Waals surface area contributed by atoms with Crippen molar-refractivity contribution in [3.63, 3.8) is 0 Å². The second-order valence-electron chi connectivity index (χ2n) is 7.21. The van der Waals surface area contributed by atoms with Gasteiger partial charge in [0, 0.05) is 35.6 Å². The Labute approximate surface area is 159 Å². The van der Waals surface area contributed by atoms with Crippen LogP contribution in [0.3, 0.4) is 0 Å². The summed E-state index contributed by atoms with van der Waals surface area (Å²) in [4.78, 5) is 2.40. The molecule has 0 bridgehead atoms. The highest BCUT2D eigenvalue weighted by molar-refractivity contribution is 6.04. The fourth-order valence-corrected chi connectivity index (χ4v) is 4.07. The topological polar surface area (TPSA) is 16.4 Å². The van der Waals surface area contributed by atoms with Crippen LogP contribution in [0, 0.1) is 0 Å². The van der Waals surface area contributed by atoms with Crippen molar-refractivity contribution in [1.29, 1.82) is 0 Å². The van der Waals surface area contributed by atoms with Crippen LogP contribution in [0.25, 0.3) is 32.8 Å². The maximum atomic E-state index is 5.49. The minimum absolute atomic E-state index is 0.809. The van der Waals surface area contributed by atoms with Crippen LogP contribution >= 0.6 is 0 Å². The summed E-state index contributed by atoms with van der Waals surface area (Å²) in [5.41, 5.74) is 5.04. The zero-order valence-electron chi connectivity index (χ0n) is 15.6. The molecule has 5 rings (SSSR count). The maximum Gasteiger partial charge on any atom is 0.213 e. The molecule has 0 unspecified atom stereocenters. The molecular formula is C24H23N2O+. The fraction of sp³-hybridized carbons (Fsp3) is 0.208. The highest BCUT2D eigenvalue weighted by Crippen LogP contribution is 2.29. The number of hydrogen-bond donors (Lipinski definition) is 0. The summed E-state index contributed by atoms with van der Waals surface area (Å²) in [6.45, 7) is 3.54. The lowest BCUT2D eigenvalue weighted by atomic mass is 10.00. The average molecular weight is 355 g/mol. The van der Waals surface area contributed by atoms with E-state index in [0.29, 0.717) is 0 Å². The molecule has 0 radical (unpaired) electrons. The molecule has 4 aromatic rings. The van der Waals surface area contributed by atoms with Crippen molar-refractivity contribution in [2.75, 3.05) is 31.2 Å². The van der Waals surface area contributed by atoms with Gasteiger partial charge in [0.05, 0.1) is 18.6 Å². The van der Waals surface area contributed by atoms with Crippen molar-refractivity contribution in [1.82, 2.24) is 0 Å². The Morgan fingerprint density at radius 1 is 0.815 bits per heavy atom. The normalized spacial score (nSPS) is 14.8. The zero-order chi connectivity index (χ0) is 18.2. The molecule has 27 heavy (non-hydrogen) atoms. The highest BCUT2D eigenvalue weighted by Gasteiger charge is 2.14. The molecule has 0 amide bonds. The quantitative estimate of drug-likeness (QED) is 0.393. The predicted octanol–water partition coefficient (Wildman–Crippen LogP) is 4.32. The van der Waals surface area contributed by atoms with Crippen LogP contribution in [-0.4, -0.2) is 26.3 Å². The van der Waals surface area contributed by atoms with E-state index in [2.05, 4.69) is 89.4 Å². The number of pyridine rings is 1. The van der Waals surface area contributed by atoms with E-state index in [1.807, 2.05) is 0 Å². The van der Waals surface area contributed by atoms with E-state index in [4.69, 9.17) is 4.74 Å². The summed E-state index contributed by atoms with van der Waals surface area (Å²) >= 11 is 0. The molecule has 1 saturated heterocycles. The van der Waals surface area contributed by atoms with Gasteiger partial charge in [0.15, 0.2) is 6.20 Å². The molecule has 1 aliphatic heterocycles. The Balaban J connectivity index is 1.61.